The Morgan fingerprint density at radius 3 is 2.52 bits per heavy atom. The van der Waals surface area contributed by atoms with Gasteiger partial charge in [0.2, 0.25) is 5.91 Å². The second-order valence-electron chi connectivity index (χ2n) is 7.52. The van der Waals surface area contributed by atoms with E-state index in [1.807, 2.05) is 56.4 Å². The number of aromatic nitrogens is 2. The van der Waals surface area contributed by atoms with E-state index in [9.17, 15) is 4.79 Å². The average molecular weight is 383 g/mol. The number of rotatable bonds is 6. The number of carbonyl (C=O) groups excluding carboxylic acids is 1. The highest BCUT2D eigenvalue weighted by atomic mass is 16.1. The van der Waals surface area contributed by atoms with E-state index in [0.717, 1.165) is 46.6 Å². The lowest BCUT2D eigenvalue weighted by atomic mass is 10.0. The van der Waals surface area contributed by atoms with Crippen LogP contribution in [0.3, 0.4) is 0 Å². The fourth-order valence-electron chi connectivity index (χ4n) is 3.89. The zero-order valence-electron chi connectivity index (χ0n) is 16.8. The number of aryl methyl sites for hydroxylation is 3. The van der Waals surface area contributed by atoms with Crippen molar-refractivity contribution in [2.45, 2.75) is 33.1 Å². The minimum absolute atomic E-state index is 0.0502. The first kappa shape index (κ1) is 18.9. The van der Waals surface area contributed by atoms with Crippen LogP contribution in [0.25, 0.3) is 22.3 Å². The van der Waals surface area contributed by atoms with Gasteiger partial charge in [0.1, 0.15) is 0 Å². The monoisotopic (exact) mass is 383 g/mol. The number of benzene rings is 2. The number of anilines is 1. The minimum atomic E-state index is 0.0502. The van der Waals surface area contributed by atoms with E-state index in [2.05, 4.69) is 39.6 Å². The highest BCUT2D eigenvalue weighted by Crippen LogP contribution is 2.30. The molecule has 2 aromatic carbocycles. The molecule has 2 heterocycles. The van der Waals surface area contributed by atoms with Crippen LogP contribution in [0.5, 0.6) is 0 Å². The van der Waals surface area contributed by atoms with Gasteiger partial charge in [-0.3, -0.25) is 9.78 Å². The fourth-order valence-corrected chi connectivity index (χ4v) is 3.89. The van der Waals surface area contributed by atoms with Gasteiger partial charge in [0, 0.05) is 29.2 Å². The minimum Gasteiger partial charge on any atom is -0.353 e. The molecule has 0 bridgehead atoms. The van der Waals surface area contributed by atoms with Crippen molar-refractivity contribution in [3.8, 4) is 11.4 Å². The maximum atomic E-state index is 12.5. The molecule has 4 nitrogen and oxygen atoms in total. The van der Waals surface area contributed by atoms with Crippen molar-refractivity contribution in [1.82, 2.24) is 9.97 Å². The fraction of sp³-hybridized carbons (Fsp3) is 0.200. The maximum absolute atomic E-state index is 12.5. The molecule has 29 heavy (non-hydrogen) atoms. The van der Waals surface area contributed by atoms with Crippen LogP contribution in [-0.4, -0.2) is 15.9 Å². The Kier molecular flexibility index (Phi) is 5.43. The first-order valence-corrected chi connectivity index (χ1v) is 9.99. The summed E-state index contributed by atoms with van der Waals surface area (Å²) in [6, 6.07) is 20.3. The molecule has 0 saturated heterocycles. The summed E-state index contributed by atoms with van der Waals surface area (Å²) in [5.41, 5.74) is 7.47. The number of aromatic amines is 1. The van der Waals surface area contributed by atoms with Crippen LogP contribution < -0.4 is 5.32 Å². The average Bonchev–Trinajstić information content (AvgIpc) is 3.07. The van der Waals surface area contributed by atoms with Crippen molar-refractivity contribution in [2.24, 2.45) is 0 Å². The number of para-hydroxylation sites is 1. The van der Waals surface area contributed by atoms with Crippen molar-refractivity contribution in [1.29, 1.82) is 0 Å². The van der Waals surface area contributed by atoms with Gasteiger partial charge < -0.3 is 10.3 Å². The molecule has 0 aliphatic carbocycles. The summed E-state index contributed by atoms with van der Waals surface area (Å²) in [6.45, 7) is 4.08. The second kappa shape index (κ2) is 8.31. The maximum Gasteiger partial charge on any atom is 0.224 e. The lowest BCUT2D eigenvalue weighted by Gasteiger charge is -2.08. The summed E-state index contributed by atoms with van der Waals surface area (Å²) < 4.78 is 0. The highest BCUT2D eigenvalue weighted by Gasteiger charge is 2.14. The number of H-pyrrole nitrogens is 1. The van der Waals surface area contributed by atoms with Gasteiger partial charge in [-0.2, -0.15) is 0 Å². The molecule has 0 atom stereocenters. The number of hydrogen-bond acceptors (Lipinski definition) is 2. The van der Waals surface area contributed by atoms with Crippen molar-refractivity contribution >= 4 is 22.5 Å². The van der Waals surface area contributed by atoms with Crippen molar-refractivity contribution < 1.29 is 4.79 Å². The molecule has 0 radical (unpaired) electrons. The number of nitrogens with zero attached hydrogens (tertiary/aromatic N) is 1. The number of fused-ring (bicyclic) bond motifs is 1. The molecule has 146 valence electrons. The van der Waals surface area contributed by atoms with Gasteiger partial charge in [0.25, 0.3) is 0 Å². The Labute approximate surface area is 171 Å². The molecular weight excluding hydrogens is 358 g/mol. The summed E-state index contributed by atoms with van der Waals surface area (Å²) in [6.07, 6.45) is 3.88. The van der Waals surface area contributed by atoms with E-state index in [1.165, 1.54) is 10.9 Å². The van der Waals surface area contributed by atoms with Gasteiger partial charge in [-0.25, -0.2) is 0 Å². The summed E-state index contributed by atoms with van der Waals surface area (Å²) >= 11 is 0. The molecule has 0 aliphatic rings. The van der Waals surface area contributed by atoms with Crippen molar-refractivity contribution in [2.75, 3.05) is 5.32 Å². The zero-order chi connectivity index (χ0) is 20.2. The summed E-state index contributed by atoms with van der Waals surface area (Å²) in [7, 11) is 0. The molecule has 0 spiro atoms. The number of pyridine rings is 1. The van der Waals surface area contributed by atoms with Gasteiger partial charge >= 0.3 is 0 Å². The third-order valence-corrected chi connectivity index (χ3v) is 5.07. The molecule has 4 rings (SSSR count). The molecule has 0 fully saturated rings. The SMILES string of the molecule is Cc1cc(C)cc(NC(=O)CCCc2c(-c3ccccn3)[nH]c3ccccc23)c1. The predicted octanol–water partition coefficient (Wildman–Crippen LogP) is 5.81. The molecule has 4 heteroatoms. The number of hydrogen-bond donors (Lipinski definition) is 2. The van der Waals surface area contributed by atoms with E-state index in [1.54, 1.807) is 0 Å². The Morgan fingerprint density at radius 2 is 1.76 bits per heavy atom. The molecular formula is C25H25N3O. The van der Waals surface area contributed by atoms with E-state index in [0.29, 0.717) is 6.42 Å². The largest absolute Gasteiger partial charge is 0.353 e. The van der Waals surface area contributed by atoms with Crippen molar-refractivity contribution in [3.63, 3.8) is 0 Å². The van der Waals surface area contributed by atoms with Crippen LogP contribution in [0.15, 0.2) is 66.9 Å². The predicted molar refractivity (Wildman–Crippen MR) is 119 cm³/mol. The Bertz CT molecular complexity index is 1130. The van der Waals surface area contributed by atoms with Crippen molar-refractivity contribution in [3.05, 3.63) is 83.6 Å². The third kappa shape index (κ3) is 4.37. The molecule has 4 aromatic rings. The van der Waals surface area contributed by atoms with Gasteiger partial charge in [0.15, 0.2) is 0 Å². The van der Waals surface area contributed by atoms with Crippen LogP contribution in [0.2, 0.25) is 0 Å². The van der Waals surface area contributed by atoms with E-state index in [-0.39, 0.29) is 5.91 Å². The topological polar surface area (TPSA) is 57.8 Å². The quantitative estimate of drug-likeness (QED) is 0.441. The van der Waals surface area contributed by atoms with Gasteiger partial charge in [-0.15, -0.1) is 0 Å². The molecule has 0 saturated carbocycles. The van der Waals surface area contributed by atoms with E-state index >= 15 is 0 Å². The second-order valence-corrected chi connectivity index (χ2v) is 7.52. The Morgan fingerprint density at radius 1 is 1.00 bits per heavy atom. The van der Waals surface area contributed by atoms with Gasteiger partial charge in [-0.1, -0.05) is 30.3 Å². The van der Waals surface area contributed by atoms with Gasteiger partial charge in [0.05, 0.1) is 11.4 Å². The molecule has 2 aromatic heterocycles. The lowest BCUT2D eigenvalue weighted by molar-refractivity contribution is -0.116. The van der Waals surface area contributed by atoms with Crippen LogP contribution in [0.1, 0.15) is 29.5 Å². The normalized spacial score (nSPS) is 11.0. The smallest absolute Gasteiger partial charge is 0.224 e. The zero-order valence-corrected chi connectivity index (χ0v) is 16.8. The van der Waals surface area contributed by atoms with E-state index in [4.69, 9.17) is 0 Å². The van der Waals surface area contributed by atoms with Crippen LogP contribution in [-0.2, 0) is 11.2 Å². The standard InChI is InChI=1S/C25H25N3O/c1-17-14-18(2)16-19(15-17)27-24(29)12-7-9-21-20-8-3-4-10-22(20)28-25(21)23-11-5-6-13-26-23/h3-6,8,10-11,13-16,28H,7,9,12H2,1-2H3,(H,27,29). The first-order valence-electron chi connectivity index (χ1n) is 9.99. The third-order valence-electron chi connectivity index (χ3n) is 5.07. The summed E-state index contributed by atoms with van der Waals surface area (Å²) in [5.74, 6) is 0.0502. The first-order chi connectivity index (χ1) is 14.1. The molecule has 1 amide bonds. The van der Waals surface area contributed by atoms with Crippen LogP contribution in [0.4, 0.5) is 5.69 Å². The number of nitrogens with one attached hydrogen (secondary N) is 2. The Balaban J connectivity index is 1.49. The summed E-state index contributed by atoms with van der Waals surface area (Å²) in [4.78, 5) is 20.5. The number of amides is 1. The van der Waals surface area contributed by atoms with Crippen LogP contribution >= 0.6 is 0 Å². The number of carbonyl (C=O) groups is 1. The molecule has 2 N–H and O–H groups in total. The van der Waals surface area contributed by atoms with E-state index < -0.39 is 0 Å². The summed E-state index contributed by atoms with van der Waals surface area (Å²) in [5, 5.41) is 4.23. The lowest BCUT2D eigenvalue weighted by Crippen LogP contribution is -2.11. The molecule has 0 unspecified atom stereocenters. The highest BCUT2D eigenvalue weighted by molar-refractivity contribution is 5.92. The van der Waals surface area contributed by atoms with Crippen LogP contribution in [0, 0.1) is 13.8 Å². The van der Waals surface area contributed by atoms with Gasteiger partial charge in [-0.05, 0) is 73.7 Å². The molecule has 0 aliphatic heterocycles. The Hall–Kier alpha value is -3.40.